The zero-order valence-corrected chi connectivity index (χ0v) is 27.3. The Kier molecular flexibility index (Phi) is 7.93. The zero-order valence-electron chi connectivity index (χ0n) is 26.1. The molecule has 42 heavy (non-hydrogen) atoms. The van der Waals surface area contributed by atoms with Crippen molar-refractivity contribution in [3.8, 4) is 22.5 Å². The van der Waals surface area contributed by atoms with E-state index in [1.807, 2.05) is 114 Å². The summed E-state index contributed by atoms with van der Waals surface area (Å²) in [7, 11) is 0. The Morgan fingerprint density at radius 1 is 0.881 bits per heavy atom. The van der Waals surface area contributed by atoms with Gasteiger partial charge in [0.1, 0.15) is 0 Å². The van der Waals surface area contributed by atoms with Crippen molar-refractivity contribution in [2.24, 2.45) is 5.41 Å². The molecule has 0 spiro atoms. The van der Waals surface area contributed by atoms with Crippen LogP contribution in [0.5, 0.6) is 0 Å². The Morgan fingerprint density at radius 3 is 2.45 bits per heavy atom. The van der Waals surface area contributed by atoms with Crippen LogP contribution in [0.4, 0.5) is 0 Å². The van der Waals surface area contributed by atoms with E-state index in [9.17, 15) is 0 Å². The summed E-state index contributed by atoms with van der Waals surface area (Å²) in [5.41, 5.74) is 6.27. The van der Waals surface area contributed by atoms with Crippen molar-refractivity contribution in [1.29, 1.82) is 0 Å². The summed E-state index contributed by atoms with van der Waals surface area (Å²) in [6.07, 6.45) is 2.20. The Balaban J connectivity index is 0.000000248. The van der Waals surface area contributed by atoms with Crippen LogP contribution in [0.1, 0.15) is 39.6 Å². The maximum Gasteiger partial charge on any atom is 0.216 e. The number of furan rings is 1. The smallest absolute Gasteiger partial charge is 0.216 e. The van der Waals surface area contributed by atoms with Gasteiger partial charge in [0.25, 0.3) is 0 Å². The van der Waals surface area contributed by atoms with Crippen molar-refractivity contribution in [1.82, 2.24) is 15.0 Å². The van der Waals surface area contributed by atoms with Gasteiger partial charge in [0.05, 0.1) is 5.58 Å². The van der Waals surface area contributed by atoms with E-state index in [-0.39, 0.29) is 20.1 Å². The fourth-order valence-electron chi connectivity index (χ4n) is 4.69. The molecule has 0 atom stereocenters. The van der Waals surface area contributed by atoms with E-state index in [0.29, 0.717) is 5.71 Å². The molecule has 0 aliphatic rings. The van der Waals surface area contributed by atoms with E-state index in [2.05, 4.69) is 22.1 Å². The Morgan fingerprint density at radius 2 is 1.71 bits per heavy atom. The van der Waals surface area contributed by atoms with Gasteiger partial charge >= 0.3 is 0 Å². The van der Waals surface area contributed by atoms with Crippen LogP contribution in [0.2, 0.25) is 0 Å². The zero-order chi connectivity index (χ0) is 30.4. The molecule has 0 N–H and O–H groups in total. The molecule has 1 radical (unpaired) electrons. The number of fused-ring (bicyclic) bond motifs is 4. The number of aryl methyl sites for hydroxylation is 2. The van der Waals surface area contributed by atoms with E-state index in [0.717, 1.165) is 65.1 Å². The molecule has 2 aromatic carbocycles. The first-order valence-electron chi connectivity index (χ1n) is 14.5. The molecule has 4 nitrogen and oxygen atoms in total. The van der Waals surface area contributed by atoms with Gasteiger partial charge in [0, 0.05) is 61.3 Å². The average Bonchev–Trinajstić information content (AvgIpc) is 3.54. The second kappa shape index (κ2) is 12.3. The van der Waals surface area contributed by atoms with E-state index in [4.69, 9.17) is 12.1 Å². The molecule has 0 unspecified atom stereocenters. The van der Waals surface area contributed by atoms with E-state index in [1.54, 1.807) is 6.20 Å². The first-order chi connectivity index (χ1) is 20.5. The van der Waals surface area contributed by atoms with Crippen molar-refractivity contribution in [3.63, 3.8) is 0 Å². The maximum absolute atomic E-state index is 8.73. The second-order valence-electron chi connectivity index (χ2n) is 11.0. The van der Waals surface area contributed by atoms with Gasteiger partial charge in [0.15, 0.2) is 0 Å². The Hall–Kier alpha value is -3.70. The molecular formula is C36H31IrN3OS-2. The molecule has 213 valence electrons. The minimum Gasteiger partial charge on any atom is -0.486 e. The van der Waals surface area contributed by atoms with Crippen LogP contribution in [-0.2, 0) is 26.5 Å². The van der Waals surface area contributed by atoms with Crippen LogP contribution in [0, 0.1) is 31.4 Å². The third kappa shape index (κ3) is 6.22. The monoisotopic (exact) mass is 748 g/mol. The SMILES string of the molecule is [2H]C([2H])(c1sc2cc(-c3[c-]ccc4c3oc3nc(C)ccc34)ncc2c1C)C(C)(C)C.[Ir].[c-]1ccccc1-c1ccccn1. The molecule has 0 bridgehead atoms. The number of hydrogen-bond donors (Lipinski definition) is 0. The van der Waals surface area contributed by atoms with E-state index in [1.165, 1.54) is 11.3 Å². The van der Waals surface area contributed by atoms with Crippen LogP contribution in [0.15, 0.2) is 89.6 Å². The van der Waals surface area contributed by atoms with Crippen molar-refractivity contribution in [2.45, 2.75) is 41.0 Å². The van der Waals surface area contributed by atoms with E-state index < -0.39 is 11.8 Å². The predicted octanol–water partition coefficient (Wildman–Crippen LogP) is 9.81. The van der Waals surface area contributed by atoms with Gasteiger partial charge in [-0.1, -0.05) is 49.9 Å². The van der Waals surface area contributed by atoms with E-state index >= 15 is 0 Å². The second-order valence-corrected chi connectivity index (χ2v) is 12.0. The molecule has 0 saturated heterocycles. The quantitative estimate of drug-likeness (QED) is 0.169. The summed E-state index contributed by atoms with van der Waals surface area (Å²) in [6, 6.07) is 30.0. The molecule has 7 aromatic rings. The standard InChI is InChI=1S/C25H23N2OS.C11H8N.Ir/c1-14-9-10-17-16-7-6-8-18(23(16)28-24(17)27-14)20-11-21-19(13-26-20)15(2)22(29-21)12-25(3,4)5;1-2-6-10(7-3-1)11-8-4-5-9-12-11;/h6-7,9-11,13H,12H2,1-5H3;1-6,8-9H;/q2*-1;/i12D2;;. The summed E-state index contributed by atoms with van der Waals surface area (Å²) in [5, 5.41) is 2.96. The Bertz CT molecular complexity index is 2030. The molecular weight excluding hydrogens is 715 g/mol. The van der Waals surface area contributed by atoms with Crippen LogP contribution in [0.3, 0.4) is 0 Å². The molecule has 5 aromatic heterocycles. The predicted molar refractivity (Wildman–Crippen MR) is 170 cm³/mol. The van der Waals surface area contributed by atoms with Gasteiger partial charge in [-0.3, -0.25) is 0 Å². The normalized spacial score (nSPS) is 12.4. The number of nitrogens with zero attached hydrogens (tertiary/aromatic N) is 3. The van der Waals surface area contributed by atoms with Crippen LogP contribution >= 0.6 is 11.3 Å². The average molecular weight is 748 g/mol. The molecule has 6 heteroatoms. The van der Waals surface area contributed by atoms with Crippen molar-refractivity contribution in [2.75, 3.05) is 0 Å². The van der Waals surface area contributed by atoms with Gasteiger partial charge in [-0.15, -0.1) is 65.4 Å². The Labute approximate surface area is 267 Å². The van der Waals surface area contributed by atoms with Gasteiger partial charge in [0.2, 0.25) is 5.71 Å². The van der Waals surface area contributed by atoms with Crippen LogP contribution < -0.4 is 0 Å². The fourth-order valence-corrected chi connectivity index (χ4v) is 6.01. The minimum atomic E-state index is -1.44. The van der Waals surface area contributed by atoms with Gasteiger partial charge in [-0.2, -0.15) is 0 Å². The molecule has 5 heterocycles. The fraction of sp³-hybridized carbons (Fsp3) is 0.194. The van der Waals surface area contributed by atoms with Crippen molar-refractivity contribution >= 4 is 43.5 Å². The summed E-state index contributed by atoms with van der Waals surface area (Å²) in [6.45, 7) is 9.75. The van der Waals surface area contributed by atoms with Gasteiger partial charge in [-0.25, -0.2) is 4.98 Å². The summed E-state index contributed by atoms with van der Waals surface area (Å²) in [4.78, 5) is 14.2. The third-order valence-corrected chi connectivity index (χ3v) is 7.83. The number of benzene rings is 2. The minimum absolute atomic E-state index is 0. The molecule has 7 rings (SSSR count). The van der Waals surface area contributed by atoms with Gasteiger partial charge in [-0.05, 0) is 60.8 Å². The summed E-state index contributed by atoms with van der Waals surface area (Å²) >= 11 is 1.51. The number of aromatic nitrogens is 3. The van der Waals surface area contributed by atoms with Crippen molar-refractivity contribution in [3.05, 3.63) is 113 Å². The number of pyridine rings is 3. The third-order valence-electron chi connectivity index (χ3n) is 6.65. The number of hydrogen-bond acceptors (Lipinski definition) is 5. The largest absolute Gasteiger partial charge is 0.486 e. The summed E-state index contributed by atoms with van der Waals surface area (Å²) < 4.78 is 24.6. The molecule has 0 saturated carbocycles. The molecule has 0 aliphatic carbocycles. The number of thiophene rings is 1. The molecule has 0 amide bonds. The first kappa shape index (κ1) is 27.2. The van der Waals surface area contributed by atoms with Crippen LogP contribution in [0.25, 0.3) is 54.7 Å². The summed E-state index contributed by atoms with van der Waals surface area (Å²) in [5.74, 6) is 0. The van der Waals surface area contributed by atoms with Gasteiger partial charge < -0.3 is 14.4 Å². The maximum atomic E-state index is 8.73. The molecule has 0 fully saturated rings. The van der Waals surface area contributed by atoms with Crippen LogP contribution in [-0.4, -0.2) is 15.0 Å². The van der Waals surface area contributed by atoms with Crippen molar-refractivity contribution < 1.29 is 27.3 Å². The number of rotatable bonds is 3. The molecule has 0 aliphatic heterocycles. The first-order valence-corrected chi connectivity index (χ1v) is 14.3. The topological polar surface area (TPSA) is 51.8 Å².